The van der Waals surface area contributed by atoms with Crippen LogP contribution in [0, 0.1) is 0 Å². The van der Waals surface area contributed by atoms with Crippen LogP contribution < -0.4 is 4.90 Å². The number of ketones is 1. The Kier molecular flexibility index (Phi) is 4.44. The molecule has 0 aromatic heterocycles. The zero-order valence-electron chi connectivity index (χ0n) is 11.1. The van der Waals surface area contributed by atoms with Gasteiger partial charge in [-0.2, -0.15) is 0 Å². The van der Waals surface area contributed by atoms with Gasteiger partial charge in [0.25, 0.3) is 0 Å². The van der Waals surface area contributed by atoms with Gasteiger partial charge in [-0.05, 0) is 38.0 Å². The molecule has 18 heavy (non-hydrogen) atoms. The highest BCUT2D eigenvalue weighted by molar-refractivity contribution is 9.10. The molecule has 0 bridgehead atoms. The molecule has 1 aromatic carbocycles. The van der Waals surface area contributed by atoms with E-state index in [-0.39, 0.29) is 5.78 Å². The van der Waals surface area contributed by atoms with Gasteiger partial charge in [-0.15, -0.1) is 0 Å². The number of benzene rings is 1. The summed E-state index contributed by atoms with van der Waals surface area (Å²) in [7, 11) is 2.12. The first-order chi connectivity index (χ1) is 8.59. The van der Waals surface area contributed by atoms with Crippen molar-refractivity contribution in [3.05, 3.63) is 28.2 Å². The monoisotopic (exact) mass is 309 g/mol. The van der Waals surface area contributed by atoms with Gasteiger partial charge in [0.15, 0.2) is 5.78 Å². The first kappa shape index (κ1) is 13.6. The molecule has 2 rings (SSSR count). The Labute approximate surface area is 117 Å². The largest absolute Gasteiger partial charge is 0.371 e. The van der Waals surface area contributed by atoms with Gasteiger partial charge in [0.1, 0.15) is 0 Å². The standard InChI is InChI=1S/C15H20BrNO/c1-11(18)14-10-12(16)8-9-15(14)17(2)13-6-4-3-5-7-13/h8-10,13H,3-7H2,1-2H3. The normalized spacial score (nSPS) is 16.6. The summed E-state index contributed by atoms with van der Waals surface area (Å²) in [5.41, 5.74) is 1.88. The van der Waals surface area contributed by atoms with E-state index in [1.165, 1.54) is 32.1 Å². The van der Waals surface area contributed by atoms with E-state index in [9.17, 15) is 4.79 Å². The minimum absolute atomic E-state index is 0.133. The van der Waals surface area contributed by atoms with Gasteiger partial charge in [-0.1, -0.05) is 35.2 Å². The van der Waals surface area contributed by atoms with Gasteiger partial charge >= 0.3 is 0 Å². The Morgan fingerprint density at radius 1 is 1.28 bits per heavy atom. The topological polar surface area (TPSA) is 20.3 Å². The molecule has 0 N–H and O–H groups in total. The molecule has 0 spiro atoms. The Morgan fingerprint density at radius 3 is 2.56 bits per heavy atom. The zero-order chi connectivity index (χ0) is 13.1. The van der Waals surface area contributed by atoms with Gasteiger partial charge in [0, 0.05) is 28.8 Å². The SMILES string of the molecule is CC(=O)c1cc(Br)ccc1N(C)C1CCCCC1. The third-order valence-electron chi connectivity index (χ3n) is 3.84. The first-order valence-electron chi connectivity index (χ1n) is 6.63. The van der Waals surface area contributed by atoms with Crippen LogP contribution in [0.1, 0.15) is 49.4 Å². The highest BCUT2D eigenvalue weighted by Crippen LogP contribution is 2.30. The van der Waals surface area contributed by atoms with E-state index in [2.05, 4.69) is 33.9 Å². The van der Waals surface area contributed by atoms with E-state index in [1.807, 2.05) is 12.1 Å². The molecule has 3 heteroatoms. The van der Waals surface area contributed by atoms with Crippen LogP contribution in [0.2, 0.25) is 0 Å². The maximum atomic E-state index is 11.8. The summed E-state index contributed by atoms with van der Waals surface area (Å²) in [6, 6.07) is 6.58. The van der Waals surface area contributed by atoms with Gasteiger partial charge < -0.3 is 4.90 Å². The smallest absolute Gasteiger partial charge is 0.161 e. The molecule has 1 saturated carbocycles. The lowest BCUT2D eigenvalue weighted by Crippen LogP contribution is -2.34. The van der Waals surface area contributed by atoms with Crippen LogP contribution >= 0.6 is 15.9 Å². The first-order valence-corrected chi connectivity index (χ1v) is 7.42. The van der Waals surface area contributed by atoms with Crippen molar-refractivity contribution in [2.75, 3.05) is 11.9 Å². The molecular weight excluding hydrogens is 290 g/mol. The molecule has 0 unspecified atom stereocenters. The maximum absolute atomic E-state index is 11.8. The molecule has 0 atom stereocenters. The molecule has 0 amide bonds. The lowest BCUT2D eigenvalue weighted by atomic mass is 9.93. The van der Waals surface area contributed by atoms with Crippen molar-refractivity contribution in [3.8, 4) is 0 Å². The Balaban J connectivity index is 2.28. The highest BCUT2D eigenvalue weighted by atomic mass is 79.9. The molecule has 1 aliphatic carbocycles. The minimum Gasteiger partial charge on any atom is -0.371 e. The number of nitrogens with zero attached hydrogens (tertiary/aromatic N) is 1. The van der Waals surface area contributed by atoms with Gasteiger partial charge in [0.2, 0.25) is 0 Å². The Bertz CT molecular complexity index is 438. The third-order valence-corrected chi connectivity index (χ3v) is 4.33. The van der Waals surface area contributed by atoms with Gasteiger partial charge in [-0.3, -0.25) is 4.79 Å². The fourth-order valence-electron chi connectivity index (χ4n) is 2.76. The van der Waals surface area contributed by atoms with E-state index < -0.39 is 0 Å². The third kappa shape index (κ3) is 2.94. The molecule has 0 radical (unpaired) electrons. The minimum atomic E-state index is 0.133. The second-order valence-corrected chi connectivity index (χ2v) is 6.04. The molecule has 0 heterocycles. The van der Waals surface area contributed by atoms with Crippen LogP contribution in [0.15, 0.2) is 22.7 Å². The Hall–Kier alpha value is -0.830. The molecule has 1 fully saturated rings. The van der Waals surface area contributed by atoms with Crippen molar-refractivity contribution < 1.29 is 4.79 Å². The van der Waals surface area contributed by atoms with Crippen LogP contribution in [0.4, 0.5) is 5.69 Å². The molecule has 2 nitrogen and oxygen atoms in total. The van der Waals surface area contributed by atoms with Crippen LogP contribution in [0.5, 0.6) is 0 Å². The molecule has 0 saturated heterocycles. The molecule has 1 aromatic rings. The number of rotatable bonds is 3. The van der Waals surface area contributed by atoms with Crippen LogP contribution in [0.25, 0.3) is 0 Å². The van der Waals surface area contributed by atoms with Crippen molar-refractivity contribution in [2.45, 2.75) is 45.1 Å². The molecule has 0 aliphatic heterocycles. The van der Waals surface area contributed by atoms with Crippen molar-refractivity contribution in [1.82, 2.24) is 0 Å². The number of hydrogen-bond donors (Lipinski definition) is 0. The van der Waals surface area contributed by atoms with E-state index in [0.717, 1.165) is 15.7 Å². The summed E-state index contributed by atoms with van der Waals surface area (Å²) in [5.74, 6) is 0.133. The number of anilines is 1. The summed E-state index contributed by atoms with van der Waals surface area (Å²) >= 11 is 3.44. The van der Waals surface area contributed by atoms with Crippen molar-refractivity contribution in [3.63, 3.8) is 0 Å². The molecular formula is C15H20BrNO. The number of halogens is 1. The molecule has 1 aliphatic rings. The number of Topliss-reactive ketones (excluding diaryl/α,β-unsaturated/α-hetero) is 1. The van der Waals surface area contributed by atoms with Crippen molar-refractivity contribution in [2.24, 2.45) is 0 Å². The molecule has 98 valence electrons. The number of carbonyl (C=O) groups is 1. The average Bonchev–Trinajstić information content (AvgIpc) is 2.39. The van der Waals surface area contributed by atoms with E-state index in [0.29, 0.717) is 6.04 Å². The summed E-state index contributed by atoms with van der Waals surface area (Å²) < 4.78 is 0.966. The summed E-state index contributed by atoms with van der Waals surface area (Å²) in [6.45, 7) is 1.64. The summed E-state index contributed by atoms with van der Waals surface area (Å²) in [4.78, 5) is 14.1. The Morgan fingerprint density at radius 2 is 1.94 bits per heavy atom. The van der Waals surface area contributed by atoms with E-state index in [1.54, 1.807) is 6.92 Å². The summed E-state index contributed by atoms with van der Waals surface area (Å²) in [6.07, 6.45) is 6.44. The second-order valence-electron chi connectivity index (χ2n) is 5.12. The van der Waals surface area contributed by atoms with Gasteiger partial charge in [-0.25, -0.2) is 0 Å². The highest BCUT2D eigenvalue weighted by Gasteiger charge is 2.21. The van der Waals surface area contributed by atoms with Crippen LogP contribution in [-0.2, 0) is 0 Å². The lowest BCUT2D eigenvalue weighted by Gasteiger charge is -2.34. The quantitative estimate of drug-likeness (QED) is 0.770. The summed E-state index contributed by atoms with van der Waals surface area (Å²) in [5, 5.41) is 0. The maximum Gasteiger partial charge on any atom is 0.161 e. The fraction of sp³-hybridized carbons (Fsp3) is 0.533. The second kappa shape index (κ2) is 5.87. The average molecular weight is 310 g/mol. The lowest BCUT2D eigenvalue weighted by molar-refractivity contribution is 0.101. The fourth-order valence-corrected chi connectivity index (χ4v) is 3.12. The zero-order valence-corrected chi connectivity index (χ0v) is 12.7. The number of carbonyl (C=O) groups excluding carboxylic acids is 1. The number of hydrogen-bond acceptors (Lipinski definition) is 2. The predicted molar refractivity (Wildman–Crippen MR) is 79.4 cm³/mol. The van der Waals surface area contributed by atoms with E-state index >= 15 is 0 Å². The van der Waals surface area contributed by atoms with Crippen molar-refractivity contribution in [1.29, 1.82) is 0 Å². The van der Waals surface area contributed by atoms with E-state index in [4.69, 9.17) is 0 Å². The van der Waals surface area contributed by atoms with Crippen LogP contribution in [0.3, 0.4) is 0 Å². The van der Waals surface area contributed by atoms with Crippen molar-refractivity contribution >= 4 is 27.4 Å². The van der Waals surface area contributed by atoms with Gasteiger partial charge in [0.05, 0.1) is 0 Å². The predicted octanol–water partition coefficient (Wildman–Crippen LogP) is 4.42. The van der Waals surface area contributed by atoms with Crippen LogP contribution in [-0.4, -0.2) is 18.9 Å².